The van der Waals surface area contributed by atoms with E-state index in [4.69, 9.17) is 5.11 Å². The fraction of sp³-hybridized carbons (Fsp3) is 0.214. The van der Waals surface area contributed by atoms with E-state index in [-0.39, 0.29) is 23.4 Å². The average Bonchev–Trinajstić information content (AvgIpc) is 2.44. The van der Waals surface area contributed by atoms with Crippen LogP contribution in [0.2, 0.25) is 0 Å². The molecule has 0 radical (unpaired) electrons. The lowest BCUT2D eigenvalue weighted by molar-refractivity contribution is 0.0697. The van der Waals surface area contributed by atoms with E-state index < -0.39 is 5.97 Å². The number of benzene rings is 1. The second kappa shape index (κ2) is 6.09. The summed E-state index contributed by atoms with van der Waals surface area (Å²) in [6, 6.07) is 5.81. The van der Waals surface area contributed by atoms with Crippen LogP contribution in [0.15, 0.2) is 44.5 Å². The number of rotatable bonds is 4. The molecule has 0 unspecified atom stereocenters. The van der Waals surface area contributed by atoms with Gasteiger partial charge in [0.05, 0.1) is 12.1 Å². The molecule has 1 aromatic carbocycles. The second-order valence-electron chi connectivity index (χ2n) is 4.42. The second-order valence-corrected chi connectivity index (χ2v) is 5.27. The predicted molar refractivity (Wildman–Crippen MR) is 80.8 cm³/mol. The van der Waals surface area contributed by atoms with Crippen LogP contribution in [0, 0.1) is 0 Å². The number of aryl methyl sites for hydroxylation is 1. The van der Waals surface area contributed by atoms with Crippen molar-refractivity contribution in [1.29, 1.82) is 0 Å². The van der Waals surface area contributed by atoms with Crippen molar-refractivity contribution in [3.05, 3.63) is 66.9 Å². The minimum absolute atomic E-state index is 0.0823. The molecule has 0 atom stereocenters. The molecule has 21 heavy (non-hydrogen) atoms. The first-order valence-corrected chi connectivity index (χ1v) is 7.05. The Balaban J connectivity index is 2.46. The van der Waals surface area contributed by atoms with Crippen LogP contribution in [0.5, 0.6) is 0 Å². The first kappa shape index (κ1) is 15.2. The van der Waals surface area contributed by atoms with Crippen LogP contribution in [-0.2, 0) is 13.1 Å². The fourth-order valence-electron chi connectivity index (χ4n) is 1.92. The highest BCUT2D eigenvalue weighted by molar-refractivity contribution is 9.10. The third-order valence-corrected chi connectivity index (χ3v) is 3.85. The van der Waals surface area contributed by atoms with Gasteiger partial charge in [-0.15, -0.1) is 0 Å². The first-order valence-electron chi connectivity index (χ1n) is 6.26. The van der Waals surface area contributed by atoms with Gasteiger partial charge < -0.3 is 9.67 Å². The molecule has 0 aliphatic carbocycles. The standard InChI is InChI=1S/C14H13BrN2O4/c1-2-16-6-5-12(18)17(14(16)21)8-10-4-3-9(13(19)20)7-11(10)15/h3-7H,2,8H2,1H3,(H,19,20). The maximum atomic E-state index is 12.1. The van der Waals surface area contributed by atoms with Gasteiger partial charge in [0, 0.05) is 23.3 Å². The van der Waals surface area contributed by atoms with E-state index in [0.29, 0.717) is 16.6 Å². The molecule has 7 heteroatoms. The molecule has 1 N–H and O–H groups in total. The summed E-state index contributed by atoms with van der Waals surface area (Å²) in [6.45, 7) is 2.37. The summed E-state index contributed by atoms with van der Waals surface area (Å²) in [7, 11) is 0. The number of carbonyl (C=O) groups is 1. The fourth-order valence-corrected chi connectivity index (χ4v) is 2.43. The molecular formula is C14H13BrN2O4. The summed E-state index contributed by atoms with van der Waals surface area (Å²) in [6.07, 6.45) is 1.46. The minimum Gasteiger partial charge on any atom is -0.478 e. The van der Waals surface area contributed by atoms with Crippen LogP contribution in [0.4, 0.5) is 0 Å². The van der Waals surface area contributed by atoms with E-state index >= 15 is 0 Å². The smallest absolute Gasteiger partial charge is 0.335 e. The number of hydrogen-bond acceptors (Lipinski definition) is 3. The summed E-state index contributed by atoms with van der Waals surface area (Å²) in [5.74, 6) is -1.03. The molecule has 1 aromatic heterocycles. The van der Waals surface area contributed by atoms with Crippen LogP contribution in [0.1, 0.15) is 22.8 Å². The van der Waals surface area contributed by atoms with Gasteiger partial charge in [0.15, 0.2) is 0 Å². The molecule has 0 saturated heterocycles. The number of carboxylic acids is 1. The molecule has 1 heterocycles. The van der Waals surface area contributed by atoms with Crippen molar-refractivity contribution < 1.29 is 9.90 Å². The summed E-state index contributed by atoms with van der Waals surface area (Å²) in [5, 5.41) is 8.92. The van der Waals surface area contributed by atoms with E-state index in [1.54, 1.807) is 6.07 Å². The molecule has 0 aliphatic rings. The summed E-state index contributed by atoms with van der Waals surface area (Å²) in [5.41, 5.74) is 0.0168. The van der Waals surface area contributed by atoms with Crippen LogP contribution in [-0.4, -0.2) is 20.2 Å². The number of halogens is 1. The Morgan fingerprint density at radius 1 is 1.29 bits per heavy atom. The lowest BCUT2D eigenvalue weighted by Gasteiger charge is -2.10. The molecule has 0 saturated carbocycles. The lowest BCUT2D eigenvalue weighted by Crippen LogP contribution is -2.39. The van der Waals surface area contributed by atoms with Crippen LogP contribution in [0.3, 0.4) is 0 Å². The predicted octanol–water partition coefficient (Wildman–Crippen LogP) is 1.54. The van der Waals surface area contributed by atoms with Gasteiger partial charge in [-0.1, -0.05) is 22.0 Å². The van der Waals surface area contributed by atoms with Crippen LogP contribution in [0.25, 0.3) is 0 Å². The largest absolute Gasteiger partial charge is 0.478 e. The van der Waals surface area contributed by atoms with Crippen molar-refractivity contribution in [2.24, 2.45) is 0 Å². The first-order chi connectivity index (χ1) is 9.93. The monoisotopic (exact) mass is 352 g/mol. The molecule has 0 bridgehead atoms. The van der Waals surface area contributed by atoms with E-state index in [0.717, 1.165) is 4.57 Å². The van der Waals surface area contributed by atoms with Gasteiger partial charge in [-0.2, -0.15) is 0 Å². The molecule has 6 nitrogen and oxygen atoms in total. The van der Waals surface area contributed by atoms with E-state index in [9.17, 15) is 14.4 Å². The van der Waals surface area contributed by atoms with Gasteiger partial charge in [0.2, 0.25) is 0 Å². The lowest BCUT2D eigenvalue weighted by atomic mass is 10.1. The van der Waals surface area contributed by atoms with Crippen molar-refractivity contribution in [2.45, 2.75) is 20.0 Å². The Bertz CT molecular complexity index is 807. The SMILES string of the molecule is CCn1ccc(=O)n(Cc2ccc(C(=O)O)cc2Br)c1=O. The Labute approximate surface area is 128 Å². The molecule has 0 fully saturated rings. The summed E-state index contributed by atoms with van der Waals surface area (Å²) >= 11 is 3.27. The minimum atomic E-state index is -1.03. The van der Waals surface area contributed by atoms with Gasteiger partial charge in [-0.25, -0.2) is 9.59 Å². The van der Waals surface area contributed by atoms with Gasteiger partial charge in [0.1, 0.15) is 0 Å². The summed E-state index contributed by atoms with van der Waals surface area (Å²) in [4.78, 5) is 34.9. The van der Waals surface area contributed by atoms with E-state index in [2.05, 4.69) is 15.9 Å². The highest BCUT2D eigenvalue weighted by Gasteiger charge is 2.10. The van der Waals surface area contributed by atoms with E-state index in [1.165, 1.54) is 29.0 Å². The maximum absolute atomic E-state index is 12.1. The molecule has 2 rings (SSSR count). The zero-order valence-electron chi connectivity index (χ0n) is 11.2. The zero-order chi connectivity index (χ0) is 15.6. The zero-order valence-corrected chi connectivity index (χ0v) is 12.8. The Morgan fingerprint density at radius 3 is 2.57 bits per heavy atom. The topological polar surface area (TPSA) is 81.3 Å². The highest BCUT2D eigenvalue weighted by Crippen LogP contribution is 2.19. The number of carboxylic acid groups (broad SMARTS) is 1. The third kappa shape index (κ3) is 3.13. The molecule has 0 aliphatic heterocycles. The van der Waals surface area contributed by atoms with Crippen molar-refractivity contribution in [2.75, 3.05) is 0 Å². The molecule has 0 amide bonds. The molecule has 2 aromatic rings. The van der Waals surface area contributed by atoms with E-state index in [1.807, 2.05) is 6.92 Å². The van der Waals surface area contributed by atoms with Crippen molar-refractivity contribution in [3.63, 3.8) is 0 Å². The number of nitrogens with zero attached hydrogens (tertiary/aromatic N) is 2. The normalized spacial score (nSPS) is 10.6. The van der Waals surface area contributed by atoms with Gasteiger partial charge in [-0.05, 0) is 24.6 Å². The van der Waals surface area contributed by atoms with Crippen LogP contribution >= 0.6 is 15.9 Å². The average molecular weight is 353 g/mol. The van der Waals surface area contributed by atoms with Crippen molar-refractivity contribution >= 4 is 21.9 Å². The van der Waals surface area contributed by atoms with Gasteiger partial charge in [-0.3, -0.25) is 9.36 Å². The van der Waals surface area contributed by atoms with Crippen LogP contribution < -0.4 is 11.2 Å². The Morgan fingerprint density at radius 2 is 2.00 bits per heavy atom. The number of aromatic nitrogens is 2. The highest BCUT2D eigenvalue weighted by atomic mass is 79.9. The van der Waals surface area contributed by atoms with Gasteiger partial charge >= 0.3 is 11.7 Å². The van der Waals surface area contributed by atoms with Crippen molar-refractivity contribution in [3.8, 4) is 0 Å². The number of aromatic carboxylic acids is 1. The molecular weight excluding hydrogens is 340 g/mol. The Hall–Kier alpha value is -2.15. The quantitative estimate of drug-likeness (QED) is 0.904. The molecule has 110 valence electrons. The molecule has 0 spiro atoms. The Kier molecular flexibility index (Phi) is 4.42. The maximum Gasteiger partial charge on any atom is 0.335 e. The number of hydrogen-bond donors (Lipinski definition) is 1. The third-order valence-electron chi connectivity index (χ3n) is 3.11. The van der Waals surface area contributed by atoms with Crippen molar-refractivity contribution in [1.82, 2.24) is 9.13 Å². The summed E-state index contributed by atoms with van der Waals surface area (Å²) < 4.78 is 3.09. The van der Waals surface area contributed by atoms with Gasteiger partial charge in [0.25, 0.3) is 5.56 Å².